The summed E-state index contributed by atoms with van der Waals surface area (Å²) in [5.74, 6) is 0.243. The number of hydrazone groups is 1. The molecule has 3 aromatic rings. The maximum Gasteiger partial charge on any atom is 0.294 e. The lowest BCUT2D eigenvalue weighted by Crippen LogP contribution is -2.42. The van der Waals surface area contributed by atoms with Gasteiger partial charge in [0, 0.05) is 29.3 Å². The third-order valence-electron chi connectivity index (χ3n) is 6.48. The molecule has 5 nitrogen and oxygen atoms in total. The molecule has 7 heteroatoms. The van der Waals surface area contributed by atoms with Crippen molar-refractivity contribution in [3.8, 4) is 0 Å². The SMILES string of the molecule is Cc1c(C(=O)N2c3ccc(F)cc3CCC2C)oc2c1/C(=N/Nc1ccc(F)cc1)CCC2. The minimum absolute atomic E-state index is 0.0229. The number of fused-ring (bicyclic) bond motifs is 2. The number of benzene rings is 2. The van der Waals surface area contributed by atoms with Gasteiger partial charge in [-0.15, -0.1) is 0 Å². The van der Waals surface area contributed by atoms with Crippen molar-refractivity contribution in [3.63, 3.8) is 0 Å². The number of carbonyl (C=O) groups excluding carboxylic acids is 1. The van der Waals surface area contributed by atoms with Crippen LogP contribution in [0.25, 0.3) is 0 Å². The number of aryl methyl sites for hydroxylation is 2. The maximum absolute atomic E-state index is 13.8. The van der Waals surface area contributed by atoms with E-state index in [0.717, 1.165) is 66.0 Å². The Balaban J connectivity index is 1.48. The van der Waals surface area contributed by atoms with E-state index in [2.05, 4.69) is 10.5 Å². The molecule has 170 valence electrons. The van der Waals surface area contributed by atoms with Crippen LogP contribution in [0.3, 0.4) is 0 Å². The average Bonchev–Trinajstić information content (AvgIpc) is 3.15. The van der Waals surface area contributed by atoms with Crippen LogP contribution >= 0.6 is 0 Å². The molecule has 2 heterocycles. The second-order valence-electron chi connectivity index (χ2n) is 8.72. The molecule has 33 heavy (non-hydrogen) atoms. The number of halogens is 2. The Morgan fingerprint density at radius 2 is 1.85 bits per heavy atom. The molecule has 0 bridgehead atoms. The quantitative estimate of drug-likeness (QED) is 0.499. The van der Waals surface area contributed by atoms with Crippen LogP contribution in [-0.4, -0.2) is 17.7 Å². The van der Waals surface area contributed by atoms with Crippen molar-refractivity contribution < 1.29 is 18.0 Å². The lowest BCUT2D eigenvalue weighted by molar-refractivity contribution is 0.0945. The average molecular weight is 450 g/mol. The Bertz CT molecular complexity index is 1250. The highest BCUT2D eigenvalue weighted by Gasteiger charge is 2.35. The van der Waals surface area contributed by atoms with Crippen molar-refractivity contribution in [3.05, 3.63) is 82.3 Å². The summed E-state index contributed by atoms with van der Waals surface area (Å²) in [5.41, 5.74) is 7.68. The number of amides is 1. The Morgan fingerprint density at radius 1 is 1.09 bits per heavy atom. The zero-order valence-corrected chi connectivity index (χ0v) is 18.6. The van der Waals surface area contributed by atoms with E-state index in [0.29, 0.717) is 11.4 Å². The number of hydrogen-bond acceptors (Lipinski definition) is 4. The molecule has 0 spiro atoms. The highest BCUT2D eigenvalue weighted by molar-refractivity contribution is 6.10. The van der Waals surface area contributed by atoms with Crippen LogP contribution in [0.5, 0.6) is 0 Å². The molecular weight excluding hydrogens is 424 g/mol. The standard InChI is InChI=1S/C26H25F2N3O2/c1-15-6-7-17-14-19(28)10-13-22(17)31(15)26(32)25-16(2)24-21(4-3-5-23(24)33-25)30-29-20-11-8-18(27)9-12-20/h8-15,29H,3-7H2,1-2H3/b30-21+. The van der Waals surface area contributed by atoms with Crippen molar-refractivity contribution in [2.24, 2.45) is 5.10 Å². The zero-order chi connectivity index (χ0) is 23.1. The van der Waals surface area contributed by atoms with Gasteiger partial charge in [0.2, 0.25) is 0 Å². The van der Waals surface area contributed by atoms with Gasteiger partial charge in [-0.3, -0.25) is 10.2 Å². The molecule has 2 aliphatic rings. The first-order valence-electron chi connectivity index (χ1n) is 11.2. The Morgan fingerprint density at radius 3 is 2.64 bits per heavy atom. The van der Waals surface area contributed by atoms with Crippen molar-refractivity contribution in [2.45, 2.75) is 52.0 Å². The summed E-state index contributed by atoms with van der Waals surface area (Å²) in [5, 5.41) is 4.55. The lowest BCUT2D eigenvalue weighted by Gasteiger charge is -2.34. The van der Waals surface area contributed by atoms with Crippen LogP contribution in [0.4, 0.5) is 20.2 Å². The van der Waals surface area contributed by atoms with E-state index in [9.17, 15) is 13.6 Å². The molecule has 5 rings (SSSR count). The van der Waals surface area contributed by atoms with Gasteiger partial charge in [0.15, 0.2) is 5.76 Å². The van der Waals surface area contributed by atoms with E-state index in [4.69, 9.17) is 4.42 Å². The fraction of sp³-hybridized carbons (Fsp3) is 0.308. The van der Waals surface area contributed by atoms with Gasteiger partial charge in [0.05, 0.1) is 11.4 Å². The Kier molecular flexibility index (Phi) is 5.48. The van der Waals surface area contributed by atoms with Gasteiger partial charge in [0.1, 0.15) is 17.4 Å². The van der Waals surface area contributed by atoms with Gasteiger partial charge >= 0.3 is 0 Å². The molecular formula is C26H25F2N3O2. The summed E-state index contributed by atoms with van der Waals surface area (Å²) in [6.45, 7) is 3.89. The normalized spacial score (nSPS) is 18.7. The molecule has 2 aromatic carbocycles. The van der Waals surface area contributed by atoms with Gasteiger partial charge in [-0.05, 0) is 87.6 Å². The van der Waals surface area contributed by atoms with Gasteiger partial charge in [-0.2, -0.15) is 5.10 Å². The van der Waals surface area contributed by atoms with Gasteiger partial charge < -0.3 is 9.32 Å². The third kappa shape index (κ3) is 3.92. The third-order valence-corrected chi connectivity index (χ3v) is 6.48. The summed E-state index contributed by atoms with van der Waals surface area (Å²) in [7, 11) is 0. The first kappa shape index (κ1) is 21.4. The van der Waals surface area contributed by atoms with E-state index in [1.54, 1.807) is 23.1 Å². The number of nitrogens with one attached hydrogen (secondary N) is 1. The number of rotatable bonds is 3. The topological polar surface area (TPSA) is 57.8 Å². The van der Waals surface area contributed by atoms with E-state index in [1.807, 2.05) is 13.8 Å². The summed E-state index contributed by atoms with van der Waals surface area (Å²) < 4.78 is 33.0. The summed E-state index contributed by atoms with van der Waals surface area (Å²) in [4.78, 5) is 15.4. The fourth-order valence-corrected chi connectivity index (χ4v) is 4.78. The molecule has 1 unspecified atom stereocenters. The second kappa shape index (κ2) is 8.46. The predicted molar refractivity (Wildman–Crippen MR) is 124 cm³/mol. The Labute approximate surface area is 191 Å². The maximum atomic E-state index is 13.8. The number of nitrogens with zero attached hydrogens (tertiary/aromatic N) is 2. The molecule has 1 aliphatic carbocycles. The Hall–Kier alpha value is -3.48. The smallest absolute Gasteiger partial charge is 0.294 e. The molecule has 1 atom stereocenters. The summed E-state index contributed by atoms with van der Waals surface area (Å²) in [6.07, 6.45) is 3.83. The molecule has 0 radical (unpaired) electrons. The van der Waals surface area contributed by atoms with Crippen molar-refractivity contribution in [1.29, 1.82) is 0 Å². The number of anilines is 2. The minimum Gasteiger partial charge on any atom is -0.455 e. The van der Waals surface area contributed by atoms with E-state index in [-0.39, 0.29) is 23.6 Å². The van der Waals surface area contributed by atoms with Gasteiger partial charge in [0.25, 0.3) is 5.91 Å². The summed E-state index contributed by atoms with van der Waals surface area (Å²) >= 11 is 0. The second-order valence-corrected chi connectivity index (χ2v) is 8.72. The number of furan rings is 1. The van der Waals surface area contributed by atoms with Crippen LogP contribution in [0.1, 0.15) is 59.2 Å². The van der Waals surface area contributed by atoms with E-state index in [1.165, 1.54) is 24.3 Å². The molecule has 1 aliphatic heterocycles. The number of hydrogen-bond donors (Lipinski definition) is 1. The van der Waals surface area contributed by atoms with Crippen LogP contribution in [-0.2, 0) is 12.8 Å². The molecule has 0 saturated heterocycles. The largest absolute Gasteiger partial charge is 0.455 e. The van der Waals surface area contributed by atoms with Crippen LogP contribution < -0.4 is 10.3 Å². The molecule has 1 amide bonds. The zero-order valence-electron chi connectivity index (χ0n) is 18.6. The highest BCUT2D eigenvalue weighted by atomic mass is 19.1. The molecule has 0 fully saturated rings. The minimum atomic E-state index is -0.307. The first-order chi connectivity index (χ1) is 15.9. The van der Waals surface area contributed by atoms with Crippen molar-refractivity contribution in [2.75, 3.05) is 10.3 Å². The van der Waals surface area contributed by atoms with E-state index >= 15 is 0 Å². The number of carbonyl (C=O) groups is 1. The highest BCUT2D eigenvalue weighted by Crippen LogP contribution is 2.36. The monoisotopic (exact) mass is 449 g/mol. The van der Waals surface area contributed by atoms with Gasteiger partial charge in [-0.25, -0.2) is 8.78 Å². The van der Waals surface area contributed by atoms with Crippen LogP contribution in [0.15, 0.2) is 52.0 Å². The first-order valence-corrected chi connectivity index (χ1v) is 11.2. The predicted octanol–water partition coefficient (Wildman–Crippen LogP) is 6.00. The van der Waals surface area contributed by atoms with Gasteiger partial charge in [-0.1, -0.05) is 0 Å². The van der Waals surface area contributed by atoms with E-state index < -0.39 is 0 Å². The lowest BCUT2D eigenvalue weighted by atomic mass is 9.92. The van der Waals surface area contributed by atoms with Crippen LogP contribution in [0, 0.1) is 18.6 Å². The fourth-order valence-electron chi connectivity index (χ4n) is 4.78. The summed E-state index contributed by atoms with van der Waals surface area (Å²) in [6, 6.07) is 10.5. The molecule has 1 aromatic heterocycles. The van der Waals surface area contributed by atoms with Crippen LogP contribution in [0.2, 0.25) is 0 Å². The molecule has 0 saturated carbocycles. The molecule has 1 N–H and O–H groups in total. The van der Waals surface area contributed by atoms with Crippen molar-refractivity contribution >= 4 is 23.0 Å². The van der Waals surface area contributed by atoms with Crippen molar-refractivity contribution in [1.82, 2.24) is 0 Å².